The summed E-state index contributed by atoms with van der Waals surface area (Å²) in [7, 11) is 0. The van der Waals surface area contributed by atoms with Crippen molar-refractivity contribution in [2.45, 2.75) is 39.2 Å². The lowest BCUT2D eigenvalue weighted by molar-refractivity contribution is -0.385. The molecule has 0 saturated carbocycles. The third-order valence-corrected chi connectivity index (χ3v) is 3.70. The number of carbonyl (C=O) groups is 1. The predicted octanol–water partition coefficient (Wildman–Crippen LogP) is 3.43. The summed E-state index contributed by atoms with van der Waals surface area (Å²) < 4.78 is 0. The summed E-state index contributed by atoms with van der Waals surface area (Å²) in [5.74, 6) is 0.126. The molecule has 0 bridgehead atoms. The summed E-state index contributed by atoms with van der Waals surface area (Å²) in [6.45, 7) is 5.52. The third kappa shape index (κ3) is 3.93. The first kappa shape index (κ1) is 16.4. The molecule has 1 rings (SSSR count). The molecule has 1 N–H and O–H groups in total. The Bertz CT molecular complexity index is 519. The molecule has 1 aromatic carbocycles. The monoisotopic (exact) mass is 298 g/mol. The summed E-state index contributed by atoms with van der Waals surface area (Å²) >= 11 is 5.74. The number of nitrogens with zero attached hydrogens (tertiary/aromatic N) is 1. The number of carbonyl (C=O) groups excluding carboxylic acids is 1. The first-order valence-corrected chi connectivity index (χ1v) is 7.00. The van der Waals surface area contributed by atoms with Gasteiger partial charge >= 0.3 is 0 Å². The van der Waals surface area contributed by atoms with Gasteiger partial charge in [-0.25, -0.2) is 0 Å². The van der Waals surface area contributed by atoms with Gasteiger partial charge in [-0.15, -0.1) is 11.6 Å². The lowest BCUT2D eigenvalue weighted by Crippen LogP contribution is -2.45. The number of nitrogens with one attached hydrogen (secondary N) is 1. The second-order valence-corrected chi connectivity index (χ2v) is 5.44. The lowest BCUT2D eigenvalue weighted by Gasteiger charge is -2.29. The van der Waals surface area contributed by atoms with E-state index >= 15 is 0 Å². The number of halogens is 1. The number of amides is 1. The van der Waals surface area contributed by atoms with E-state index in [0.717, 1.165) is 6.42 Å². The molecule has 0 saturated heterocycles. The van der Waals surface area contributed by atoms with E-state index in [1.807, 2.05) is 13.8 Å². The van der Waals surface area contributed by atoms with E-state index in [1.54, 1.807) is 19.1 Å². The number of benzene rings is 1. The summed E-state index contributed by atoms with van der Waals surface area (Å²) in [4.78, 5) is 22.6. The van der Waals surface area contributed by atoms with Crippen LogP contribution in [0.1, 0.15) is 42.6 Å². The minimum Gasteiger partial charge on any atom is -0.347 e. The zero-order valence-corrected chi connectivity index (χ0v) is 12.7. The number of hydrogen-bond donors (Lipinski definition) is 1. The van der Waals surface area contributed by atoms with Crippen molar-refractivity contribution in [2.75, 3.05) is 5.88 Å². The van der Waals surface area contributed by atoms with Gasteiger partial charge in [-0.3, -0.25) is 14.9 Å². The van der Waals surface area contributed by atoms with E-state index < -0.39 is 10.5 Å². The molecule has 0 spiro atoms. The number of rotatable bonds is 6. The second-order valence-electron chi connectivity index (χ2n) is 5.07. The molecule has 110 valence electrons. The Morgan fingerprint density at radius 1 is 1.50 bits per heavy atom. The van der Waals surface area contributed by atoms with Crippen molar-refractivity contribution < 1.29 is 9.72 Å². The minimum atomic E-state index is -0.482. The topological polar surface area (TPSA) is 72.2 Å². The van der Waals surface area contributed by atoms with Gasteiger partial charge in [-0.2, -0.15) is 0 Å². The molecule has 6 heteroatoms. The maximum atomic E-state index is 12.2. The predicted molar refractivity (Wildman–Crippen MR) is 79.3 cm³/mol. The molecule has 1 amide bonds. The van der Waals surface area contributed by atoms with Gasteiger partial charge in [0.2, 0.25) is 0 Å². The average molecular weight is 299 g/mol. The van der Waals surface area contributed by atoms with Crippen molar-refractivity contribution in [2.24, 2.45) is 0 Å². The maximum Gasteiger partial charge on any atom is 0.273 e. The number of nitro benzene ring substituents is 1. The van der Waals surface area contributed by atoms with Crippen molar-refractivity contribution in [3.63, 3.8) is 0 Å². The highest BCUT2D eigenvalue weighted by Crippen LogP contribution is 2.21. The fourth-order valence-electron chi connectivity index (χ4n) is 1.83. The summed E-state index contributed by atoms with van der Waals surface area (Å²) in [5.41, 5.74) is 0.369. The number of hydrogen-bond acceptors (Lipinski definition) is 3. The Morgan fingerprint density at radius 3 is 2.65 bits per heavy atom. The number of nitro groups is 1. The van der Waals surface area contributed by atoms with Crippen molar-refractivity contribution >= 4 is 23.2 Å². The van der Waals surface area contributed by atoms with Crippen molar-refractivity contribution in [3.8, 4) is 0 Å². The van der Waals surface area contributed by atoms with Crippen LogP contribution in [0.15, 0.2) is 18.2 Å². The molecule has 1 atom stereocenters. The molecule has 5 nitrogen and oxygen atoms in total. The first-order chi connectivity index (χ1) is 9.33. The highest BCUT2D eigenvalue weighted by Gasteiger charge is 2.25. The fraction of sp³-hybridized carbons (Fsp3) is 0.500. The van der Waals surface area contributed by atoms with E-state index in [1.165, 1.54) is 6.07 Å². The molecule has 0 aromatic heterocycles. The van der Waals surface area contributed by atoms with Crippen molar-refractivity contribution in [3.05, 3.63) is 39.4 Å². The molecule has 20 heavy (non-hydrogen) atoms. The van der Waals surface area contributed by atoms with E-state index in [2.05, 4.69) is 5.32 Å². The Hall–Kier alpha value is -1.62. The second kappa shape index (κ2) is 6.70. The molecular weight excluding hydrogens is 280 g/mol. The Kier molecular flexibility index (Phi) is 5.51. The molecule has 0 fully saturated rings. The SMILES string of the molecule is CCC(C)(CCCl)NC(=O)c1ccc(C)c([N+](=O)[O-])c1. The maximum absolute atomic E-state index is 12.2. The van der Waals surface area contributed by atoms with Crippen LogP contribution in [0.25, 0.3) is 0 Å². The Morgan fingerprint density at radius 2 is 2.15 bits per heavy atom. The van der Waals surface area contributed by atoms with Gasteiger partial charge in [0.25, 0.3) is 11.6 Å². The van der Waals surface area contributed by atoms with Crippen LogP contribution in [-0.4, -0.2) is 22.2 Å². The van der Waals surface area contributed by atoms with Gasteiger partial charge in [0.15, 0.2) is 0 Å². The normalized spacial score (nSPS) is 13.6. The van der Waals surface area contributed by atoms with E-state index in [9.17, 15) is 14.9 Å². The zero-order chi connectivity index (χ0) is 15.3. The quantitative estimate of drug-likeness (QED) is 0.497. The van der Waals surface area contributed by atoms with Gasteiger partial charge in [0.1, 0.15) is 0 Å². The van der Waals surface area contributed by atoms with Gasteiger partial charge in [0, 0.05) is 28.6 Å². The van der Waals surface area contributed by atoms with E-state index in [4.69, 9.17) is 11.6 Å². The molecule has 0 heterocycles. The molecule has 0 aliphatic carbocycles. The standard InChI is InChI=1S/C14H19ClN2O3/c1-4-14(3,7-8-15)16-13(18)11-6-5-10(2)12(9-11)17(19)20/h5-6,9H,4,7-8H2,1-3H3,(H,16,18). The third-order valence-electron chi connectivity index (χ3n) is 3.51. The summed E-state index contributed by atoms with van der Waals surface area (Å²) in [5, 5.41) is 13.8. The highest BCUT2D eigenvalue weighted by molar-refractivity contribution is 6.17. The Labute approximate surface area is 123 Å². The van der Waals surface area contributed by atoms with Crippen molar-refractivity contribution in [1.29, 1.82) is 0 Å². The van der Waals surface area contributed by atoms with Crippen LogP contribution in [0, 0.1) is 17.0 Å². The van der Waals surface area contributed by atoms with Gasteiger partial charge in [-0.05, 0) is 32.8 Å². The first-order valence-electron chi connectivity index (χ1n) is 6.46. The molecule has 0 aliphatic rings. The smallest absolute Gasteiger partial charge is 0.273 e. The van der Waals surface area contributed by atoms with Crippen LogP contribution in [-0.2, 0) is 0 Å². The molecule has 1 unspecified atom stereocenters. The van der Waals surface area contributed by atoms with Crippen LogP contribution >= 0.6 is 11.6 Å². The zero-order valence-electron chi connectivity index (χ0n) is 11.9. The van der Waals surface area contributed by atoms with Gasteiger partial charge in [0.05, 0.1) is 4.92 Å². The fourth-order valence-corrected chi connectivity index (χ4v) is 2.25. The Balaban J connectivity index is 2.98. The van der Waals surface area contributed by atoms with E-state index in [0.29, 0.717) is 17.9 Å². The van der Waals surface area contributed by atoms with Crippen LogP contribution in [0.4, 0.5) is 5.69 Å². The minimum absolute atomic E-state index is 0.0480. The van der Waals surface area contributed by atoms with Crippen molar-refractivity contribution in [1.82, 2.24) is 5.32 Å². The summed E-state index contributed by atoms with van der Waals surface area (Å²) in [6, 6.07) is 4.48. The van der Waals surface area contributed by atoms with Crippen LogP contribution < -0.4 is 5.32 Å². The molecular formula is C14H19ClN2O3. The lowest BCUT2D eigenvalue weighted by atomic mass is 9.95. The molecule has 0 radical (unpaired) electrons. The van der Waals surface area contributed by atoms with Crippen LogP contribution in [0.2, 0.25) is 0 Å². The summed E-state index contributed by atoms with van der Waals surface area (Å²) in [6.07, 6.45) is 1.38. The molecule has 0 aliphatic heterocycles. The van der Waals surface area contributed by atoms with Crippen LogP contribution in [0.5, 0.6) is 0 Å². The highest BCUT2D eigenvalue weighted by atomic mass is 35.5. The average Bonchev–Trinajstić information content (AvgIpc) is 2.39. The molecule has 1 aromatic rings. The number of aryl methyl sites for hydroxylation is 1. The number of alkyl halides is 1. The van der Waals surface area contributed by atoms with E-state index in [-0.39, 0.29) is 17.2 Å². The van der Waals surface area contributed by atoms with Gasteiger partial charge in [-0.1, -0.05) is 13.0 Å². The largest absolute Gasteiger partial charge is 0.347 e. The van der Waals surface area contributed by atoms with Gasteiger partial charge < -0.3 is 5.32 Å². The van der Waals surface area contributed by atoms with Crippen LogP contribution in [0.3, 0.4) is 0 Å².